The van der Waals surface area contributed by atoms with E-state index in [1.807, 2.05) is 0 Å². The molecule has 1 saturated heterocycles. The fourth-order valence-electron chi connectivity index (χ4n) is 10.2. The van der Waals surface area contributed by atoms with E-state index in [0.717, 1.165) is 20.8 Å². The molecule has 4 bridgehead atoms. The summed E-state index contributed by atoms with van der Waals surface area (Å²) < 4.78 is 50.2. The van der Waals surface area contributed by atoms with Gasteiger partial charge in [-0.3, -0.25) is 24.2 Å². The molecule has 2 aliphatic heterocycles. The smallest absolute Gasteiger partial charge is 0.340 e. The van der Waals surface area contributed by atoms with Gasteiger partial charge in [0.1, 0.15) is 54.2 Å². The van der Waals surface area contributed by atoms with Crippen molar-refractivity contribution in [3.63, 3.8) is 0 Å². The maximum atomic E-state index is 14.5. The lowest BCUT2D eigenvalue weighted by molar-refractivity contribution is -0.384. The van der Waals surface area contributed by atoms with Crippen LogP contribution in [0.4, 0.5) is 0 Å². The molecule has 13 atom stereocenters. The molecule has 18 heteroatoms. The number of cyclic esters (lactones) is 1. The molecule has 346 valence electrons. The molecule has 65 heavy (non-hydrogen) atoms. The molecule has 2 saturated carbocycles. The number of pyridine rings is 1. The van der Waals surface area contributed by atoms with Gasteiger partial charge in [0, 0.05) is 32.4 Å². The summed E-state index contributed by atoms with van der Waals surface area (Å²) in [7, 11) is 0. The molecule has 0 radical (unpaired) electrons. The van der Waals surface area contributed by atoms with Crippen molar-refractivity contribution in [1.29, 1.82) is 0 Å². The highest BCUT2D eigenvalue weighted by atomic mass is 16.7. The van der Waals surface area contributed by atoms with Gasteiger partial charge in [-0.05, 0) is 50.2 Å². The van der Waals surface area contributed by atoms with Gasteiger partial charge in [-0.25, -0.2) is 14.4 Å². The number of ether oxygens (including phenoxy) is 8. The van der Waals surface area contributed by atoms with Gasteiger partial charge in [-0.1, -0.05) is 57.2 Å². The topological polar surface area (TPSA) is 247 Å². The Kier molecular flexibility index (Phi) is 12.7. The molecule has 3 heterocycles. The van der Waals surface area contributed by atoms with Crippen molar-refractivity contribution < 1.29 is 81.7 Å². The Labute approximate surface area is 373 Å². The van der Waals surface area contributed by atoms with Crippen LogP contribution in [0, 0.1) is 17.3 Å². The largest absolute Gasteiger partial charge is 0.465 e. The first-order valence-electron chi connectivity index (χ1n) is 21.2. The normalized spacial score (nSPS) is 34.9. The SMILES string of the molecule is CCC(=O)O[C@@H]1[C@@H]2[C@@H](OC(=O)c3ccccc3)[C@]34O[C@@]2(C)COC(=O)c2cccnc2[C@H](C)[C@H](C)C(=O)O[C@@H]([C@@H](O)[C@@H](OC(=O)c2ccccc2)[C@@]3(COC(C)=O)[C@@H]1OC(C)=O)[C@]4(C)O. The first-order valence-corrected chi connectivity index (χ1v) is 21.2. The summed E-state index contributed by atoms with van der Waals surface area (Å²) in [5, 5.41) is 26.5. The molecule has 3 aromatic rings. The minimum atomic E-state index is -2.87. The maximum Gasteiger partial charge on any atom is 0.340 e. The van der Waals surface area contributed by atoms with Crippen molar-refractivity contribution >= 4 is 41.8 Å². The predicted octanol–water partition coefficient (Wildman–Crippen LogP) is 3.44. The van der Waals surface area contributed by atoms with Gasteiger partial charge in [0.15, 0.2) is 17.8 Å². The van der Waals surface area contributed by atoms with Gasteiger partial charge in [-0.15, -0.1) is 0 Å². The molecule has 0 unspecified atom stereocenters. The molecule has 18 nitrogen and oxygen atoms in total. The molecule has 2 aromatic carbocycles. The van der Waals surface area contributed by atoms with E-state index in [1.54, 1.807) is 31.2 Å². The van der Waals surface area contributed by atoms with E-state index in [9.17, 15) is 43.8 Å². The maximum absolute atomic E-state index is 14.5. The monoisotopic (exact) mass is 901 g/mol. The summed E-state index contributed by atoms with van der Waals surface area (Å²) >= 11 is 0. The molecular formula is C47H51NO17. The molecule has 2 aliphatic carbocycles. The van der Waals surface area contributed by atoms with Crippen molar-refractivity contribution in [2.45, 2.75) is 114 Å². The number of hydrogen-bond donors (Lipinski definition) is 2. The Balaban J connectivity index is 1.62. The quantitative estimate of drug-likeness (QED) is 0.231. The molecular weight excluding hydrogens is 851 g/mol. The number of rotatable bonds is 9. The van der Waals surface area contributed by atoms with Crippen LogP contribution in [0.1, 0.15) is 97.6 Å². The number of nitrogens with zero attached hydrogens (tertiary/aromatic N) is 1. The van der Waals surface area contributed by atoms with E-state index in [2.05, 4.69) is 4.98 Å². The summed E-state index contributed by atoms with van der Waals surface area (Å²) in [5.41, 5.74) is -10.5. The van der Waals surface area contributed by atoms with Gasteiger partial charge in [0.2, 0.25) is 0 Å². The molecule has 0 amide bonds. The number of carbonyl (C=O) groups is 7. The van der Waals surface area contributed by atoms with Crippen LogP contribution in [0.15, 0.2) is 79.0 Å². The van der Waals surface area contributed by atoms with Crippen molar-refractivity contribution in [2.24, 2.45) is 17.3 Å². The number of aliphatic hydroxyl groups excluding tert-OH is 1. The number of esters is 7. The third-order valence-electron chi connectivity index (χ3n) is 13.3. The van der Waals surface area contributed by atoms with Crippen LogP contribution in [-0.2, 0) is 57.1 Å². The second-order valence-electron chi connectivity index (χ2n) is 17.3. The Morgan fingerprint density at radius 3 is 1.95 bits per heavy atom. The average Bonchev–Trinajstić information content (AvgIpc) is 3.51. The van der Waals surface area contributed by atoms with E-state index in [0.29, 0.717) is 0 Å². The predicted molar refractivity (Wildman–Crippen MR) is 220 cm³/mol. The summed E-state index contributed by atoms with van der Waals surface area (Å²) in [5.74, 6) is -10.7. The number of aliphatic hydroxyl groups is 2. The molecule has 4 aliphatic rings. The van der Waals surface area contributed by atoms with Gasteiger partial charge in [0.25, 0.3) is 0 Å². The molecule has 1 spiro atoms. The second-order valence-corrected chi connectivity index (χ2v) is 17.3. The van der Waals surface area contributed by atoms with E-state index in [1.165, 1.54) is 75.5 Å². The van der Waals surface area contributed by atoms with Crippen molar-refractivity contribution in [3.05, 3.63) is 101 Å². The standard InChI is InChI=1S/C47H51NO17/c1-8-31(51)61-35-32-36(62-41(54)28-16-11-9-12-17-28)47-45(7,57)37(63-40(53)25(3)24(2)33-30(20-15-21-48-33)43(56)59-22-44(32,6)65-47)34(52)38(64-42(55)29-18-13-10-14-19-29)46(47,23-58-26(4)49)39(35)60-27(5)50/h9-21,24-25,32,34-39,52,57H,8,22-23H2,1-7H3/t24-,25+,32-,34-,35-,36-,37+,38-,39-,44+,45+,46+,47-/m1/s1. The zero-order valence-electron chi connectivity index (χ0n) is 36.8. The minimum absolute atomic E-state index is 0.0189. The van der Waals surface area contributed by atoms with Gasteiger partial charge in [0.05, 0.1) is 34.2 Å². The van der Waals surface area contributed by atoms with Crippen LogP contribution in [0.5, 0.6) is 0 Å². The fraction of sp³-hybridized carbons (Fsp3) is 0.489. The lowest BCUT2D eigenvalue weighted by atomic mass is 9.45. The third-order valence-corrected chi connectivity index (χ3v) is 13.3. The molecule has 7 rings (SSSR count). The highest BCUT2D eigenvalue weighted by Crippen LogP contribution is 2.70. The summed E-state index contributed by atoms with van der Waals surface area (Å²) in [6, 6.07) is 18.0. The Bertz CT molecular complexity index is 2360. The average molecular weight is 902 g/mol. The number of fused-ring (bicyclic) bond motifs is 5. The minimum Gasteiger partial charge on any atom is -0.465 e. The van der Waals surface area contributed by atoms with Crippen molar-refractivity contribution in [2.75, 3.05) is 13.2 Å². The number of benzene rings is 2. The van der Waals surface area contributed by atoms with E-state index >= 15 is 0 Å². The number of hydrogen-bond acceptors (Lipinski definition) is 18. The molecule has 2 N–H and O–H groups in total. The Hall–Kier alpha value is -6.24. The van der Waals surface area contributed by atoms with Crippen LogP contribution in [0.25, 0.3) is 0 Å². The van der Waals surface area contributed by atoms with Gasteiger partial charge in [-0.2, -0.15) is 0 Å². The Morgan fingerprint density at radius 2 is 1.38 bits per heavy atom. The van der Waals surface area contributed by atoms with Crippen LogP contribution < -0.4 is 0 Å². The zero-order valence-corrected chi connectivity index (χ0v) is 36.8. The lowest BCUT2D eigenvalue weighted by Gasteiger charge is -2.67. The van der Waals surface area contributed by atoms with E-state index in [4.69, 9.17) is 37.9 Å². The fourth-order valence-corrected chi connectivity index (χ4v) is 10.2. The summed E-state index contributed by atoms with van der Waals surface area (Å²) in [6.45, 7) is 7.24. The van der Waals surface area contributed by atoms with E-state index < -0.39 is 132 Å². The highest BCUT2D eigenvalue weighted by molar-refractivity contribution is 5.92. The van der Waals surface area contributed by atoms with Crippen LogP contribution in [0.2, 0.25) is 0 Å². The highest BCUT2D eigenvalue weighted by Gasteiger charge is 2.91. The van der Waals surface area contributed by atoms with Crippen molar-refractivity contribution in [1.82, 2.24) is 4.98 Å². The van der Waals surface area contributed by atoms with E-state index in [-0.39, 0.29) is 28.8 Å². The first kappa shape index (κ1) is 46.7. The summed E-state index contributed by atoms with van der Waals surface area (Å²) in [6.07, 6.45) is -11.5. The van der Waals surface area contributed by atoms with Gasteiger partial charge >= 0.3 is 41.8 Å². The second kappa shape index (κ2) is 17.6. The lowest BCUT2D eigenvalue weighted by Crippen LogP contribution is -2.89. The molecule has 1 aromatic heterocycles. The summed E-state index contributed by atoms with van der Waals surface area (Å²) in [4.78, 5) is 102. The first-order chi connectivity index (χ1) is 30.7. The van der Waals surface area contributed by atoms with Crippen LogP contribution in [-0.4, -0.2) is 124 Å². The number of aromatic nitrogens is 1. The van der Waals surface area contributed by atoms with Crippen LogP contribution in [0.3, 0.4) is 0 Å². The zero-order chi connectivity index (χ0) is 47.2. The third kappa shape index (κ3) is 7.70. The molecule has 3 fully saturated rings. The van der Waals surface area contributed by atoms with Gasteiger partial charge < -0.3 is 48.1 Å². The number of carbonyl (C=O) groups excluding carboxylic acids is 7. The van der Waals surface area contributed by atoms with Crippen molar-refractivity contribution in [3.8, 4) is 0 Å². The Morgan fingerprint density at radius 1 is 0.785 bits per heavy atom. The van der Waals surface area contributed by atoms with Crippen LogP contribution >= 0.6 is 0 Å².